The van der Waals surface area contributed by atoms with Gasteiger partial charge in [-0.25, -0.2) is 0 Å². The Balaban J connectivity index is 2.16. The van der Waals surface area contributed by atoms with Gasteiger partial charge in [0.25, 0.3) is 0 Å². The maximum atomic E-state index is 9.89. The number of hydrogen-bond donors (Lipinski definition) is 2. The molecule has 0 saturated carbocycles. The highest BCUT2D eigenvalue weighted by atomic mass is 16.5. The third-order valence-electron chi connectivity index (χ3n) is 2.96. The van der Waals surface area contributed by atoms with Gasteiger partial charge in [-0.3, -0.25) is 0 Å². The zero-order valence-electron chi connectivity index (χ0n) is 12.2. The van der Waals surface area contributed by atoms with Crippen LogP contribution in [0.4, 0.5) is 0 Å². The number of hydrogen-bond acceptors (Lipinski definition) is 6. The van der Waals surface area contributed by atoms with Gasteiger partial charge in [0.1, 0.15) is 0 Å². The Bertz CT molecular complexity index is 650. The molecule has 2 aromatic carbocycles. The zero-order chi connectivity index (χ0) is 15.9. The fourth-order valence-corrected chi connectivity index (χ4v) is 1.81. The van der Waals surface area contributed by atoms with Crippen molar-refractivity contribution < 1.29 is 19.7 Å². The summed E-state index contributed by atoms with van der Waals surface area (Å²) < 4.78 is 10.0. The van der Waals surface area contributed by atoms with Crippen LogP contribution >= 0.6 is 0 Å². The number of methoxy groups -OCH3 is 2. The van der Waals surface area contributed by atoms with Crippen molar-refractivity contribution in [2.24, 2.45) is 10.2 Å². The Kier molecular flexibility index (Phi) is 4.98. The van der Waals surface area contributed by atoms with Gasteiger partial charge in [-0.05, 0) is 24.3 Å². The lowest BCUT2D eigenvalue weighted by atomic mass is 10.2. The topological polar surface area (TPSA) is 83.6 Å². The molecule has 2 rings (SSSR count). The summed E-state index contributed by atoms with van der Waals surface area (Å²) in [6, 6.07) is 10.1. The van der Waals surface area contributed by atoms with Gasteiger partial charge in [-0.1, -0.05) is 12.1 Å². The molecule has 0 atom stereocenters. The van der Waals surface area contributed by atoms with Crippen LogP contribution in [-0.4, -0.2) is 36.9 Å². The van der Waals surface area contributed by atoms with Crippen molar-refractivity contribution in [3.8, 4) is 23.0 Å². The van der Waals surface area contributed by atoms with E-state index in [1.807, 2.05) is 0 Å². The Morgan fingerprint density at radius 1 is 0.773 bits per heavy atom. The number of phenols is 2. The van der Waals surface area contributed by atoms with Gasteiger partial charge in [-0.15, -0.1) is 0 Å². The molecule has 0 saturated heterocycles. The molecule has 114 valence electrons. The molecular formula is C16H16N2O4. The van der Waals surface area contributed by atoms with Crippen molar-refractivity contribution in [3.63, 3.8) is 0 Å². The van der Waals surface area contributed by atoms with E-state index in [0.717, 1.165) is 0 Å². The van der Waals surface area contributed by atoms with E-state index in [1.54, 1.807) is 36.4 Å². The summed E-state index contributed by atoms with van der Waals surface area (Å²) in [4.78, 5) is 0. The van der Waals surface area contributed by atoms with Gasteiger partial charge in [0.05, 0.1) is 26.6 Å². The first-order valence-corrected chi connectivity index (χ1v) is 6.45. The average molecular weight is 300 g/mol. The molecule has 0 aliphatic heterocycles. The van der Waals surface area contributed by atoms with E-state index < -0.39 is 0 Å². The molecule has 0 aliphatic rings. The normalized spacial score (nSPS) is 11.2. The second-order valence-electron chi connectivity index (χ2n) is 4.29. The quantitative estimate of drug-likeness (QED) is 0.656. The van der Waals surface area contributed by atoms with Crippen LogP contribution in [0.1, 0.15) is 11.1 Å². The standard InChI is InChI=1S/C16H16N2O4/c1-21-13-7-3-5-11(15(13)19)9-17-18-10-12-6-4-8-14(22-2)16(12)20/h3-10,19-20H,1-2H3/b17-9+,18-10+. The molecule has 0 bridgehead atoms. The SMILES string of the molecule is COc1cccc(/C=N/N=C/c2cccc(OC)c2O)c1O. The molecule has 2 aromatic rings. The van der Waals surface area contributed by atoms with Gasteiger partial charge < -0.3 is 19.7 Å². The Labute approximate surface area is 128 Å². The van der Waals surface area contributed by atoms with Crippen molar-refractivity contribution >= 4 is 12.4 Å². The molecule has 22 heavy (non-hydrogen) atoms. The van der Waals surface area contributed by atoms with Gasteiger partial charge in [0.2, 0.25) is 0 Å². The van der Waals surface area contributed by atoms with E-state index >= 15 is 0 Å². The number of benzene rings is 2. The second-order valence-corrected chi connectivity index (χ2v) is 4.29. The number of nitrogens with zero attached hydrogens (tertiary/aromatic N) is 2. The van der Waals surface area contributed by atoms with Crippen molar-refractivity contribution in [1.29, 1.82) is 0 Å². The van der Waals surface area contributed by atoms with Crippen LogP contribution in [-0.2, 0) is 0 Å². The summed E-state index contributed by atoms with van der Waals surface area (Å²) in [7, 11) is 2.94. The smallest absolute Gasteiger partial charge is 0.166 e. The number of aromatic hydroxyl groups is 2. The minimum absolute atomic E-state index is 0.00632. The first-order chi connectivity index (χ1) is 10.7. The lowest BCUT2D eigenvalue weighted by Crippen LogP contribution is -1.89. The van der Waals surface area contributed by atoms with Crippen LogP contribution in [0.3, 0.4) is 0 Å². The molecule has 6 heteroatoms. The van der Waals surface area contributed by atoms with Crippen LogP contribution in [0.2, 0.25) is 0 Å². The fraction of sp³-hybridized carbons (Fsp3) is 0.125. The minimum Gasteiger partial charge on any atom is -0.504 e. The first-order valence-electron chi connectivity index (χ1n) is 6.45. The van der Waals surface area contributed by atoms with Crippen LogP contribution in [0, 0.1) is 0 Å². The molecule has 0 radical (unpaired) electrons. The van der Waals surface area contributed by atoms with Gasteiger partial charge in [0, 0.05) is 11.1 Å². The van der Waals surface area contributed by atoms with E-state index in [-0.39, 0.29) is 11.5 Å². The fourth-order valence-electron chi connectivity index (χ4n) is 1.81. The van der Waals surface area contributed by atoms with Crippen LogP contribution in [0.15, 0.2) is 46.6 Å². The monoisotopic (exact) mass is 300 g/mol. The highest BCUT2D eigenvalue weighted by Gasteiger charge is 2.05. The zero-order valence-corrected chi connectivity index (χ0v) is 12.2. The Morgan fingerprint density at radius 3 is 1.55 bits per heavy atom. The lowest BCUT2D eigenvalue weighted by Gasteiger charge is -2.04. The number of phenolic OH excluding ortho intramolecular Hbond substituents is 2. The van der Waals surface area contributed by atoms with E-state index in [4.69, 9.17) is 9.47 Å². The molecule has 0 aromatic heterocycles. The summed E-state index contributed by atoms with van der Waals surface area (Å²) in [5, 5.41) is 27.5. The Morgan fingerprint density at radius 2 is 1.18 bits per heavy atom. The van der Waals surface area contributed by atoms with Crippen molar-refractivity contribution in [3.05, 3.63) is 47.5 Å². The molecule has 0 amide bonds. The molecule has 0 aliphatic carbocycles. The lowest BCUT2D eigenvalue weighted by molar-refractivity contribution is 0.373. The highest BCUT2D eigenvalue weighted by Crippen LogP contribution is 2.29. The van der Waals surface area contributed by atoms with Crippen LogP contribution in [0.5, 0.6) is 23.0 Å². The number of rotatable bonds is 5. The van der Waals surface area contributed by atoms with Crippen molar-refractivity contribution in [2.45, 2.75) is 0 Å². The Hall–Kier alpha value is -3.02. The molecule has 0 spiro atoms. The molecule has 2 N–H and O–H groups in total. The maximum absolute atomic E-state index is 9.89. The summed E-state index contributed by atoms with van der Waals surface area (Å²) >= 11 is 0. The van der Waals surface area contributed by atoms with Crippen LogP contribution < -0.4 is 9.47 Å². The average Bonchev–Trinajstić information content (AvgIpc) is 2.54. The molecule has 0 fully saturated rings. The summed E-state index contributed by atoms with van der Waals surface area (Å²) in [5.41, 5.74) is 0.956. The predicted molar refractivity (Wildman–Crippen MR) is 84.5 cm³/mol. The third-order valence-corrected chi connectivity index (χ3v) is 2.96. The summed E-state index contributed by atoms with van der Waals surface area (Å²) in [5.74, 6) is 0.707. The van der Waals surface area contributed by atoms with E-state index in [1.165, 1.54) is 26.6 Å². The largest absolute Gasteiger partial charge is 0.504 e. The summed E-state index contributed by atoms with van der Waals surface area (Å²) in [6.07, 6.45) is 2.79. The highest BCUT2D eigenvalue weighted by molar-refractivity contribution is 5.87. The number of para-hydroxylation sites is 2. The van der Waals surface area contributed by atoms with Gasteiger partial charge in [0.15, 0.2) is 23.0 Å². The van der Waals surface area contributed by atoms with Crippen molar-refractivity contribution in [1.82, 2.24) is 0 Å². The van der Waals surface area contributed by atoms with Gasteiger partial charge in [-0.2, -0.15) is 10.2 Å². The second kappa shape index (κ2) is 7.12. The molecule has 0 unspecified atom stereocenters. The van der Waals surface area contributed by atoms with Crippen LogP contribution in [0.25, 0.3) is 0 Å². The molecule has 6 nitrogen and oxygen atoms in total. The third kappa shape index (κ3) is 3.35. The maximum Gasteiger partial charge on any atom is 0.166 e. The predicted octanol–water partition coefficient (Wildman–Crippen LogP) is 2.57. The van der Waals surface area contributed by atoms with E-state index in [2.05, 4.69) is 10.2 Å². The summed E-state index contributed by atoms with van der Waals surface area (Å²) in [6.45, 7) is 0. The van der Waals surface area contributed by atoms with Gasteiger partial charge >= 0.3 is 0 Å². The number of ether oxygens (including phenoxy) is 2. The molecule has 0 heterocycles. The molecular weight excluding hydrogens is 284 g/mol. The van der Waals surface area contributed by atoms with Crippen molar-refractivity contribution in [2.75, 3.05) is 14.2 Å². The minimum atomic E-state index is -0.00632. The van der Waals surface area contributed by atoms with E-state index in [9.17, 15) is 10.2 Å². The first kappa shape index (κ1) is 15.4. The van der Waals surface area contributed by atoms with E-state index in [0.29, 0.717) is 22.6 Å².